The van der Waals surface area contributed by atoms with E-state index in [9.17, 15) is 9.90 Å². The number of hydrogen-bond donors (Lipinski definition) is 0. The highest BCUT2D eigenvalue weighted by molar-refractivity contribution is 7.13. The molecule has 0 spiro atoms. The molecular formula is C14H11N4O2S-. The fourth-order valence-corrected chi connectivity index (χ4v) is 2.71. The van der Waals surface area contributed by atoms with Gasteiger partial charge in [-0.15, -0.1) is 11.3 Å². The number of nitrogens with zero attached hydrogens (tertiary/aromatic N) is 4. The molecule has 0 amide bonds. The lowest BCUT2D eigenvalue weighted by Gasteiger charge is -2.07. The van der Waals surface area contributed by atoms with Crippen molar-refractivity contribution in [2.45, 2.75) is 13.8 Å². The summed E-state index contributed by atoms with van der Waals surface area (Å²) < 4.78 is 1.21. The molecule has 0 bridgehead atoms. The predicted octanol–water partition coefficient (Wildman–Crippen LogP) is 1.37. The third-order valence-electron chi connectivity index (χ3n) is 2.85. The Hall–Kier alpha value is -2.54. The molecule has 0 aliphatic rings. The van der Waals surface area contributed by atoms with Crippen LogP contribution in [0.5, 0.6) is 0 Å². The molecule has 3 aromatic rings. The molecule has 7 heteroatoms. The fourth-order valence-electron chi connectivity index (χ4n) is 2.03. The molecule has 0 saturated heterocycles. The topological polar surface area (TPSA) is 83.7 Å². The zero-order valence-corrected chi connectivity index (χ0v) is 12.2. The van der Waals surface area contributed by atoms with Crippen LogP contribution in [0.3, 0.4) is 0 Å². The summed E-state index contributed by atoms with van der Waals surface area (Å²) >= 11 is 1.48. The molecule has 0 fully saturated rings. The Kier molecular flexibility index (Phi) is 3.26. The van der Waals surface area contributed by atoms with E-state index in [0.717, 1.165) is 16.3 Å². The van der Waals surface area contributed by atoms with Crippen molar-refractivity contribution in [1.82, 2.24) is 19.7 Å². The minimum Gasteiger partial charge on any atom is -0.543 e. The van der Waals surface area contributed by atoms with E-state index >= 15 is 0 Å². The third kappa shape index (κ3) is 2.55. The van der Waals surface area contributed by atoms with E-state index in [1.807, 2.05) is 37.4 Å². The smallest absolute Gasteiger partial charge is 0.251 e. The van der Waals surface area contributed by atoms with Crippen molar-refractivity contribution in [3.05, 3.63) is 46.7 Å². The van der Waals surface area contributed by atoms with Crippen molar-refractivity contribution in [3.63, 3.8) is 0 Å². The fraction of sp³-hybridized carbons (Fsp3) is 0.143. The van der Waals surface area contributed by atoms with E-state index in [-0.39, 0.29) is 11.6 Å². The van der Waals surface area contributed by atoms with Crippen LogP contribution in [-0.4, -0.2) is 25.7 Å². The van der Waals surface area contributed by atoms with Gasteiger partial charge in [-0.1, -0.05) is 6.07 Å². The van der Waals surface area contributed by atoms with Crippen LogP contribution in [0, 0.1) is 13.8 Å². The van der Waals surface area contributed by atoms with Gasteiger partial charge in [-0.2, -0.15) is 9.78 Å². The normalized spacial score (nSPS) is 10.8. The predicted molar refractivity (Wildman–Crippen MR) is 76.3 cm³/mol. The quantitative estimate of drug-likeness (QED) is 0.729. The van der Waals surface area contributed by atoms with Gasteiger partial charge in [0.15, 0.2) is 0 Å². The molecule has 0 saturated carbocycles. The van der Waals surface area contributed by atoms with Crippen LogP contribution < -0.4 is 5.11 Å². The molecule has 0 radical (unpaired) electrons. The SMILES string of the molecule is Cc1cc(C)nc(-n2nc(-c3cccs3)cc2C(=O)[O-])n1. The first-order valence-corrected chi connectivity index (χ1v) is 7.10. The lowest BCUT2D eigenvalue weighted by molar-refractivity contribution is -0.255. The van der Waals surface area contributed by atoms with Gasteiger partial charge in [-0.25, -0.2) is 9.97 Å². The van der Waals surface area contributed by atoms with E-state index in [0.29, 0.717) is 5.69 Å². The molecule has 0 aromatic carbocycles. The minimum absolute atomic E-state index is 0.0663. The lowest BCUT2D eigenvalue weighted by Crippen LogP contribution is -2.26. The number of carbonyl (C=O) groups is 1. The highest BCUT2D eigenvalue weighted by Gasteiger charge is 2.15. The molecule has 3 aromatic heterocycles. The maximum absolute atomic E-state index is 11.3. The van der Waals surface area contributed by atoms with Gasteiger partial charge in [-0.3, -0.25) is 0 Å². The van der Waals surface area contributed by atoms with Crippen LogP contribution in [0.25, 0.3) is 16.5 Å². The van der Waals surface area contributed by atoms with Crippen molar-refractivity contribution in [2.75, 3.05) is 0 Å². The summed E-state index contributed by atoms with van der Waals surface area (Å²) in [4.78, 5) is 20.7. The number of carbonyl (C=O) groups excluding carboxylic acids is 1. The van der Waals surface area contributed by atoms with Crippen molar-refractivity contribution in [1.29, 1.82) is 0 Å². The number of aryl methyl sites for hydroxylation is 2. The van der Waals surface area contributed by atoms with Crippen molar-refractivity contribution in [2.24, 2.45) is 0 Å². The second-order valence-corrected chi connectivity index (χ2v) is 5.49. The lowest BCUT2D eigenvalue weighted by atomic mass is 10.3. The molecule has 3 heterocycles. The number of rotatable bonds is 3. The number of hydrogen-bond acceptors (Lipinski definition) is 6. The third-order valence-corrected chi connectivity index (χ3v) is 3.74. The van der Waals surface area contributed by atoms with Gasteiger partial charge < -0.3 is 9.90 Å². The number of carboxylic acid groups (broad SMARTS) is 1. The van der Waals surface area contributed by atoms with Crippen molar-refractivity contribution >= 4 is 17.3 Å². The molecule has 0 N–H and O–H groups in total. The number of carboxylic acids is 1. The summed E-state index contributed by atoms with van der Waals surface area (Å²) in [6.07, 6.45) is 0. The summed E-state index contributed by atoms with van der Waals surface area (Å²) in [6.45, 7) is 3.64. The summed E-state index contributed by atoms with van der Waals surface area (Å²) in [5, 5.41) is 17.5. The number of aromatic nitrogens is 4. The first kappa shape index (κ1) is 13.4. The zero-order valence-electron chi connectivity index (χ0n) is 11.4. The van der Waals surface area contributed by atoms with E-state index in [1.165, 1.54) is 22.1 Å². The number of thiophene rings is 1. The van der Waals surface area contributed by atoms with Crippen molar-refractivity contribution < 1.29 is 9.90 Å². The Morgan fingerprint density at radius 3 is 2.52 bits per heavy atom. The summed E-state index contributed by atoms with van der Waals surface area (Å²) in [5.41, 5.74) is 1.99. The molecule has 21 heavy (non-hydrogen) atoms. The molecule has 0 aliphatic carbocycles. The minimum atomic E-state index is -1.31. The van der Waals surface area contributed by atoms with E-state index in [1.54, 1.807) is 0 Å². The van der Waals surface area contributed by atoms with Gasteiger partial charge in [0.25, 0.3) is 5.95 Å². The number of aromatic carboxylic acids is 1. The highest BCUT2D eigenvalue weighted by atomic mass is 32.1. The van der Waals surface area contributed by atoms with Crippen LogP contribution >= 0.6 is 11.3 Å². The first-order chi connectivity index (χ1) is 10.0. The van der Waals surface area contributed by atoms with Gasteiger partial charge >= 0.3 is 0 Å². The molecule has 0 aliphatic heterocycles. The molecule has 3 rings (SSSR count). The van der Waals surface area contributed by atoms with Gasteiger partial charge in [0.2, 0.25) is 0 Å². The Morgan fingerprint density at radius 2 is 1.95 bits per heavy atom. The average molecular weight is 299 g/mol. The van der Waals surface area contributed by atoms with Crippen LogP contribution in [0.2, 0.25) is 0 Å². The monoisotopic (exact) mass is 299 g/mol. The van der Waals surface area contributed by atoms with Gasteiger partial charge in [0.05, 0.1) is 16.5 Å². The molecular weight excluding hydrogens is 288 g/mol. The first-order valence-electron chi connectivity index (χ1n) is 6.22. The molecule has 6 nitrogen and oxygen atoms in total. The zero-order chi connectivity index (χ0) is 15.0. The largest absolute Gasteiger partial charge is 0.543 e. The van der Waals surface area contributed by atoms with Gasteiger partial charge in [-0.05, 0) is 37.4 Å². The Morgan fingerprint density at radius 1 is 1.24 bits per heavy atom. The maximum atomic E-state index is 11.3. The Balaban J connectivity index is 2.19. The van der Waals surface area contributed by atoms with E-state index in [4.69, 9.17) is 0 Å². The van der Waals surface area contributed by atoms with Crippen LogP contribution in [0.4, 0.5) is 0 Å². The second kappa shape index (κ2) is 5.10. The molecule has 0 unspecified atom stereocenters. The summed E-state index contributed by atoms with van der Waals surface area (Å²) in [6, 6.07) is 7.04. The molecule has 0 atom stereocenters. The Labute approximate surface area is 124 Å². The second-order valence-electron chi connectivity index (χ2n) is 4.54. The van der Waals surface area contributed by atoms with Gasteiger partial charge in [0.1, 0.15) is 5.69 Å². The Bertz CT molecular complexity index is 788. The van der Waals surface area contributed by atoms with Crippen molar-refractivity contribution in [3.8, 4) is 16.5 Å². The van der Waals surface area contributed by atoms with Gasteiger partial charge in [0, 0.05) is 11.4 Å². The van der Waals surface area contributed by atoms with Crippen LogP contribution in [-0.2, 0) is 0 Å². The van der Waals surface area contributed by atoms with E-state index in [2.05, 4.69) is 15.1 Å². The van der Waals surface area contributed by atoms with Crippen LogP contribution in [0.1, 0.15) is 21.9 Å². The average Bonchev–Trinajstić information content (AvgIpc) is 3.06. The highest BCUT2D eigenvalue weighted by Crippen LogP contribution is 2.25. The van der Waals surface area contributed by atoms with E-state index < -0.39 is 5.97 Å². The van der Waals surface area contributed by atoms with Crippen LogP contribution in [0.15, 0.2) is 29.6 Å². The standard InChI is InChI=1S/C14H12N4O2S/c1-8-6-9(2)16-14(15-8)18-11(13(19)20)7-10(17-18)12-4-3-5-21-12/h3-7H,1-2H3,(H,19,20)/p-1. The summed E-state index contributed by atoms with van der Waals surface area (Å²) in [5.74, 6) is -1.08. The summed E-state index contributed by atoms with van der Waals surface area (Å²) in [7, 11) is 0. The molecule has 106 valence electrons. The maximum Gasteiger partial charge on any atom is 0.251 e.